The average Bonchev–Trinajstić information content (AvgIpc) is 2.99. The number of hydrogen-bond acceptors (Lipinski definition) is 2. The molecule has 4 nitrogen and oxygen atoms in total. The summed E-state index contributed by atoms with van der Waals surface area (Å²) in [6, 6.07) is 7.88. The summed E-state index contributed by atoms with van der Waals surface area (Å²) in [5, 5.41) is 7.57. The fourth-order valence-corrected chi connectivity index (χ4v) is 3.17. The lowest BCUT2D eigenvalue weighted by Gasteiger charge is -2.17. The molecule has 5 heteroatoms. The zero-order valence-electron chi connectivity index (χ0n) is 14.3. The van der Waals surface area contributed by atoms with Gasteiger partial charge in [0.25, 0.3) is 0 Å². The fourth-order valence-electron chi connectivity index (χ4n) is 2.97. The highest BCUT2D eigenvalue weighted by atomic mass is 35.5. The van der Waals surface area contributed by atoms with Crippen LogP contribution in [0.2, 0.25) is 5.02 Å². The first kappa shape index (κ1) is 18.1. The van der Waals surface area contributed by atoms with Gasteiger partial charge in [-0.15, -0.1) is 0 Å². The second-order valence-corrected chi connectivity index (χ2v) is 6.53. The molecule has 23 heavy (non-hydrogen) atoms. The third-order valence-corrected chi connectivity index (χ3v) is 4.55. The first-order valence-electron chi connectivity index (χ1n) is 8.70. The van der Waals surface area contributed by atoms with Crippen LogP contribution in [-0.4, -0.2) is 43.6 Å². The summed E-state index contributed by atoms with van der Waals surface area (Å²) in [4.78, 5) is 7.21. The van der Waals surface area contributed by atoms with Crippen molar-refractivity contribution in [3.8, 4) is 0 Å². The summed E-state index contributed by atoms with van der Waals surface area (Å²) in [6.45, 7) is 10.4. The van der Waals surface area contributed by atoms with Crippen molar-refractivity contribution in [1.82, 2.24) is 15.5 Å². The van der Waals surface area contributed by atoms with Gasteiger partial charge in [0.1, 0.15) is 0 Å². The highest BCUT2D eigenvalue weighted by Crippen LogP contribution is 2.16. The zero-order valence-corrected chi connectivity index (χ0v) is 15.1. The van der Waals surface area contributed by atoms with E-state index in [1.54, 1.807) is 0 Å². The van der Waals surface area contributed by atoms with Crippen LogP contribution >= 0.6 is 11.6 Å². The molecule has 2 N–H and O–H groups in total. The van der Waals surface area contributed by atoms with Crippen molar-refractivity contribution in [3.05, 3.63) is 34.9 Å². The van der Waals surface area contributed by atoms with Gasteiger partial charge in [-0.3, -0.25) is 0 Å². The number of likely N-dealkylation sites (tertiary alicyclic amines) is 1. The molecule has 0 amide bonds. The molecule has 0 radical (unpaired) electrons. The minimum atomic E-state index is 0.599. The maximum absolute atomic E-state index is 6.20. The van der Waals surface area contributed by atoms with Crippen molar-refractivity contribution in [2.24, 2.45) is 10.9 Å². The highest BCUT2D eigenvalue weighted by molar-refractivity contribution is 6.31. The molecule has 0 bridgehead atoms. The van der Waals surface area contributed by atoms with Crippen molar-refractivity contribution >= 4 is 17.6 Å². The van der Waals surface area contributed by atoms with E-state index >= 15 is 0 Å². The van der Waals surface area contributed by atoms with E-state index in [-0.39, 0.29) is 0 Å². The molecule has 1 aromatic carbocycles. The van der Waals surface area contributed by atoms with Gasteiger partial charge < -0.3 is 15.5 Å². The molecule has 0 spiro atoms. The van der Waals surface area contributed by atoms with Crippen molar-refractivity contribution < 1.29 is 0 Å². The van der Waals surface area contributed by atoms with Crippen LogP contribution in [0, 0.1) is 5.92 Å². The third-order valence-electron chi connectivity index (χ3n) is 4.18. The van der Waals surface area contributed by atoms with Crippen LogP contribution in [0.4, 0.5) is 0 Å². The molecule has 2 rings (SSSR count). The fraction of sp³-hybridized carbons (Fsp3) is 0.611. The van der Waals surface area contributed by atoms with Gasteiger partial charge in [-0.05, 0) is 50.4 Å². The molecule has 128 valence electrons. The molecule has 1 atom stereocenters. The molecule has 0 aromatic heterocycles. The van der Waals surface area contributed by atoms with Crippen LogP contribution in [0.3, 0.4) is 0 Å². The molecule has 1 heterocycles. The smallest absolute Gasteiger partial charge is 0.191 e. The van der Waals surface area contributed by atoms with E-state index in [9.17, 15) is 0 Å². The molecule has 0 aliphatic carbocycles. The topological polar surface area (TPSA) is 39.7 Å². The number of rotatable bonds is 7. The normalized spacial score (nSPS) is 19.1. The van der Waals surface area contributed by atoms with Crippen molar-refractivity contribution in [2.45, 2.75) is 33.2 Å². The Bertz CT molecular complexity index is 504. The van der Waals surface area contributed by atoms with E-state index in [2.05, 4.69) is 34.4 Å². The Morgan fingerprint density at radius 3 is 2.87 bits per heavy atom. The first-order chi connectivity index (χ1) is 11.2. The molecule has 1 aliphatic rings. The van der Waals surface area contributed by atoms with E-state index in [1.807, 2.05) is 24.3 Å². The van der Waals surface area contributed by atoms with Gasteiger partial charge in [0, 0.05) is 24.7 Å². The monoisotopic (exact) mass is 336 g/mol. The molecule has 1 saturated heterocycles. The Morgan fingerprint density at radius 1 is 1.30 bits per heavy atom. The predicted octanol–water partition coefficient (Wildman–Crippen LogP) is 3.13. The standard InChI is InChI=1S/C18H29ClN4/c1-3-10-23-11-9-15(14-23)12-21-18(20-4-2)22-13-16-7-5-6-8-17(16)19/h5-8,15H,3-4,9-14H2,1-2H3,(H2,20,21,22). The molecule has 1 aliphatic heterocycles. The summed E-state index contributed by atoms with van der Waals surface area (Å²) >= 11 is 6.20. The number of guanidine groups is 1. The van der Waals surface area contributed by atoms with Gasteiger partial charge in [0.2, 0.25) is 0 Å². The van der Waals surface area contributed by atoms with Crippen molar-refractivity contribution in [2.75, 3.05) is 32.7 Å². The summed E-state index contributed by atoms with van der Waals surface area (Å²) in [7, 11) is 0. The van der Waals surface area contributed by atoms with E-state index in [4.69, 9.17) is 11.6 Å². The first-order valence-corrected chi connectivity index (χ1v) is 9.08. The Labute approximate surface area is 145 Å². The second-order valence-electron chi connectivity index (χ2n) is 6.12. The maximum atomic E-state index is 6.20. The van der Waals surface area contributed by atoms with Crippen LogP contribution in [-0.2, 0) is 6.54 Å². The number of nitrogens with zero attached hydrogens (tertiary/aromatic N) is 2. The summed E-state index contributed by atoms with van der Waals surface area (Å²) in [6.07, 6.45) is 2.51. The van der Waals surface area contributed by atoms with Gasteiger partial charge in [-0.1, -0.05) is 36.7 Å². The molecular formula is C18H29ClN4. The molecule has 1 unspecified atom stereocenters. The Morgan fingerprint density at radius 2 is 2.13 bits per heavy atom. The number of hydrogen-bond donors (Lipinski definition) is 2. The third kappa shape index (κ3) is 6.04. The summed E-state index contributed by atoms with van der Waals surface area (Å²) in [5.41, 5.74) is 1.06. The molecule has 0 saturated carbocycles. The maximum Gasteiger partial charge on any atom is 0.191 e. The van der Waals surface area contributed by atoms with Crippen LogP contribution in [0.25, 0.3) is 0 Å². The van der Waals surface area contributed by atoms with Gasteiger partial charge in [0.15, 0.2) is 5.96 Å². The Hall–Kier alpha value is -1.26. The lowest BCUT2D eigenvalue weighted by Crippen LogP contribution is -2.40. The van der Waals surface area contributed by atoms with Crippen LogP contribution < -0.4 is 10.6 Å². The van der Waals surface area contributed by atoms with Crippen molar-refractivity contribution in [3.63, 3.8) is 0 Å². The molecule has 1 fully saturated rings. The lowest BCUT2D eigenvalue weighted by molar-refractivity contribution is 0.324. The SMILES string of the molecule is CCCN1CCC(CNC(=NCc2ccccc2Cl)NCC)C1. The van der Waals surface area contributed by atoms with Crippen LogP contribution in [0.15, 0.2) is 29.3 Å². The summed E-state index contributed by atoms with van der Waals surface area (Å²) < 4.78 is 0. The van der Waals surface area contributed by atoms with Gasteiger partial charge in [-0.25, -0.2) is 4.99 Å². The van der Waals surface area contributed by atoms with Crippen LogP contribution in [0.5, 0.6) is 0 Å². The Balaban J connectivity index is 1.84. The van der Waals surface area contributed by atoms with Gasteiger partial charge >= 0.3 is 0 Å². The predicted molar refractivity (Wildman–Crippen MR) is 99.1 cm³/mol. The number of benzene rings is 1. The largest absolute Gasteiger partial charge is 0.357 e. The number of halogens is 1. The van der Waals surface area contributed by atoms with Gasteiger partial charge in [0.05, 0.1) is 6.54 Å². The minimum absolute atomic E-state index is 0.599. The average molecular weight is 337 g/mol. The van der Waals surface area contributed by atoms with E-state index < -0.39 is 0 Å². The molecule has 1 aromatic rings. The van der Waals surface area contributed by atoms with Gasteiger partial charge in [-0.2, -0.15) is 0 Å². The number of aliphatic imine (C=N–C) groups is 1. The Kier molecular flexibility index (Phi) is 7.69. The van der Waals surface area contributed by atoms with E-state index in [0.29, 0.717) is 12.5 Å². The summed E-state index contributed by atoms with van der Waals surface area (Å²) in [5.74, 6) is 1.59. The zero-order chi connectivity index (χ0) is 16.5. The minimum Gasteiger partial charge on any atom is -0.357 e. The van der Waals surface area contributed by atoms with E-state index in [1.165, 1.54) is 32.5 Å². The second kappa shape index (κ2) is 9.78. The number of nitrogens with one attached hydrogen (secondary N) is 2. The quantitative estimate of drug-likeness (QED) is 0.593. The van der Waals surface area contributed by atoms with E-state index in [0.717, 1.165) is 29.6 Å². The highest BCUT2D eigenvalue weighted by Gasteiger charge is 2.21. The van der Waals surface area contributed by atoms with Crippen molar-refractivity contribution in [1.29, 1.82) is 0 Å². The lowest BCUT2D eigenvalue weighted by atomic mass is 10.1. The molecular weight excluding hydrogens is 308 g/mol. The van der Waals surface area contributed by atoms with Crippen LogP contribution in [0.1, 0.15) is 32.3 Å².